The maximum Gasteiger partial charge on any atom is 0.273 e. The summed E-state index contributed by atoms with van der Waals surface area (Å²) in [5.74, 6) is 1.60. The molecule has 7 nitrogen and oxygen atoms in total. The Morgan fingerprint density at radius 1 is 1.03 bits per heavy atom. The number of hydrogen-bond acceptors (Lipinski definition) is 6. The molecule has 0 aliphatic carbocycles. The largest absolute Gasteiger partial charge is 0.490 e. The summed E-state index contributed by atoms with van der Waals surface area (Å²) in [5, 5.41) is 6.85. The highest BCUT2D eigenvalue weighted by Gasteiger charge is 2.18. The molecule has 3 aromatic rings. The lowest BCUT2D eigenvalue weighted by Gasteiger charge is -2.17. The molecule has 0 saturated carbocycles. The van der Waals surface area contributed by atoms with Crippen molar-refractivity contribution in [3.05, 3.63) is 60.0 Å². The van der Waals surface area contributed by atoms with Crippen LogP contribution in [0.15, 0.2) is 53.3 Å². The van der Waals surface area contributed by atoms with Crippen LogP contribution in [-0.2, 0) is 0 Å². The number of amides is 1. The van der Waals surface area contributed by atoms with Gasteiger partial charge in [0.15, 0.2) is 23.0 Å². The summed E-state index contributed by atoms with van der Waals surface area (Å²) in [5.41, 5.74) is 1.94. The highest BCUT2D eigenvalue weighted by molar-refractivity contribution is 5.93. The number of aromatic nitrogens is 2. The van der Waals surface area contributed by atoms with Crippen LogP contribution < -0.4 is 14.8 Å². The summed E-state index contributed by atoms with van der Waals surface area (Å²) in [7, 11) is 0. The topological polar surface area (TPSA) is 86.5 Å². The van der Waals surface area contributed by atoms with Crippen molar-refractivity contribution >= 4 is 5.91 Å². The van der Waals surface area contributed by atoms with E-state index in [9.17, 15) is 4.79 Å². The van der Waals surface area contributed by atoms with E-state index in [2.05, 4.69) is 29.3 Å². The third kappa shape index (κ3) is 5.37. The Morgan fingerprint density at radius 2 is 1.73 bits per heavy atom. The fourth-order valence-corrected chi connectivity index (χ4v) is 2.84. The fourth-order valence-electron chi connectivity index (χ4n) is 2.84. The standard InChI is InChI=1S/C23H27N3O4/c1-4-12-28-20-7-6-18(14-22(20)29-13-5-2)16(3)25-23(27)19-15-21(30-26-19)17-8-10-24-11-9-17/h6-11,14-16H,4-5,12-13H2,1-3H3,(H,25,27). The minimum Gasteiger partial charge on any atom is -0.490 e. The second kappa shape index (κ2) is 10.4. The predicted octanol–water partition coefficient (Wildman–Crippen LogP) is 4.81. The summed E-state index contributed by atoms with van der Waals surface area (Å²) < 4.78 is 16.9. The monoisotopic (exact) mass is 409 g/mol. The first-order valence-electron chi connectivity index (χ1n) is 10.2. The van der Waals surface area contributed by atoms with Crippen molar-refractivity contribution < 1.29 is 18.8 Å². The Balaban J connectivity index is 1.71. The normalized spacial score (nSPS) is 11.7. The van der Waals surface area contributed by atoms with E-state index in [1.165, 1.54) is 0 Å². The van der Waals surface area contributed by atoms with Gasteiger partial charge in [0.25, 0.3) is 5.91 Å². The van der Waals surface area contributed by atoms with Crippen LogP contribution in [0.3, 0.4) is 0 Å². The number of nitrogens with zero attached hydrogens (tertiary/aromatic N) is 2. The van der Waals surface area contributed by atoms with E-state index in [1.807, 2.05) is 25.1 Å². The smallest absolute Gasteiger partial charge is 0.273 e. The van der Waals surface area contributed by atoms with Crippen LogP contribution in [0.4, 0.5) is 0 Å². The van der Waals surface area contributed by atoms with Gasteiger partial charge in [-0.3, -0.25) is 9.78 Å². The minimum absolute atomic E-state index is 0.221. The van der Waals surface area contributed by atoms with Crippen molar-refractivity contribution in [1.29, 1.82) is 0 Å². The van der Waals surface area contributed by atoms with Crippen molar-refractivity contribution in [1.82, 2.24) is 15.5 Å². The van der Waals surface area contributed by atoms with E-state index in [1.54, 1.807) is 30.6 Å². The molecule has 0 aliphatic heterocycles. The fraction of sp³-hybridized carbons (Fsp3) is 0.348. The van der Waals surface area contributed by atoms with Gasteiger partial charge in [-0.25, -0.2) is 0 Å². The van der Waals surface area contributed by atoms with Gasteiger partial charge in [-0.2, -0.15) is 0 Å². The summed E-state index contributed by atoms with van der Waals surface area (Å²) in [6.45, 7) is 7.25. The molecular weight excluding hydrogens is 382 g/mol. The molecule has 158 valence electrons. The zero-order valence-electron chi connectivity index (χ0n) is 17.6. The van der Waals surface area contributed by atoms with E-state index < -0.39 is 0 Å². The molecule has 0 fully saturated rings. The quantitative estimate of drug-likeness (QED) is 0.517. The molecule has 0 spiro atoms. The average Bonchev–Trinajstić information content (AvgIpc) is 3.27. The van der Waals surface area contributed by atoms with Gasteiger partial charge in [0, 0.05) is 24.0 Å². The van der Waals surface area contributed by atoms with Crippen LogP contribution in [0.2, 0.25) is 0 Å². The van der Waals surface area contributed by atoms with Gasteiger partial charge in [0.05, 0.1) is 19.3 Å². The number of benzene rings is 1. The van der Waals surface area contributed by atoms with Gasteiger partial charge in [0.2, 0.25) is 0 Å². The van der Waals surface area contributed by atoms with Crippen molar-refractivity contribution in [3.63, 3.8) is 0 Å². The van der Waals surface area contributed by atoms with Crippen LogP contribution in [0.5, 0.6) is 11.5 Å². The number of ether oxygens (including phenoxy) is 2. The van der Waals surface area contributed by atoms with E-state index in [0.717, 1.165) is 24.0 Å². The second-order valence-corrected chi connectivity index (χ2v) is 6.91. The number of carbonyl (C=O) groups is 1. The van der Waals surface area contributed by atoms with Gasteiger partial charge in [-0.1, -0.05) is 25.1 Å². The zero-order valence-corrected chi connectivity index (χ0v) is 17.6. The lowest BCUT2D eigenvalue weighted by molar-refractivity contribution is 0.0930. The van der Waals surface area contributed by atoms with E-state index in [4.69, 9.17) is 14.0 Å². The molecule has 30 heavy (non-hydrogen) atoms. The minimum atomic E-state index is -0.311. The molecule has 1 aromatic carbocycles. The zero-order chi connectivity index (χ0) is 21.3. The molecule has 0 bridgehead atoms. The van der Waals surface area contributed by atoms with E-state index in [-0.39, 0.29) is 17.6 Å². The second-order valence-electron chi connectivity index (χ2n) is 6.91. The molecule has 0 saturated heterocycles. The van der Waals surface area contributed by atoms with Crippen LogP contribution in [0.1, 0.15) is 55.7 Å². The van der Waals surface area contributed by atoms with Crippen molar-refractivity contribution in [2.45, 2.75) is 39.7 Å². The maximum atomic E-state index is 12.6. The van der Waals surface area contributed by atoms with E-state index in [0.29, 0.717) is 30.5 Å². The molecule has 0 radical (unpaired) electrons. The Labute approximate surface area is 176 Å². The van der Waals surface area contributed by atoms with Gasteiger partial charge in [-0.15, -0.1) is 0 Å². The SMILES string of the molecule is CCCOc1ccc(C(C)NC(=O)c2cc(-c3ccncc3)on2)cc1OCCC. The van der Waals surface area contributed by atoms with Gasteiger partial charge < -0.3 is 19.3 Å². The summed E-state index contributed by atoms with van der Waals surface area (Å²) in [6.07, 6.45) is 5.13. The van der Waals surface area contributed by atoms with Crippen molar-refractivity contribution in [2.24, 2.45) is 0 Å². The number of pyridine rings is 1. The van der Waals surface area contributed by atoms with Gasteiger partial charge in [-0.05, 0) is 49.6 Å². The molecule has 1 atom stereocenters. The Bertz CT molecular complexity index is 956. The maximum absolute atomic E-state index is 12.6. The first-order valence-corrected chi connectivity index (χ1v) is 10.2. The number of nitrogens with one attached hydrogen (secondary N) is 1. The molecule has 3 rings (SSSR count). The molecule has 0 aliphatic rings. The van der Waals surface area contributed by atoms with Gasteiger partial charge in [0.1, 0.15) is 0 Å². The summed E-state index contributed by atoms with van der Waals surface area (Å²) in [4.78, 5) is 16.6. The molecule has 1 unspecified atom stereocenters. The van der Waals surface area contributed by atoms with Crippen LogP contribution >= 0.6 is 0 Å². The average molecular weight is 409 g/mol. The number of hydrogen-bond donors (Lipinski definition) is 1. The molecule has 2 aromatic heterocycles. The Kier molecular flexibility index (Phi) is 7.43. The molecule has 1 amide bonds. The summed E-state index contributed by atoms with van der Waals surface area (Å²) >= 11 is 0. The molecule has 2 heterocycles. The molecule has 7 heteroatoms. The lowest BCUT2D eigenvalue weighted by Crippen LogP contribution is -2.26. The highest BCUT2D eigenvalue weighted by atomic mass is 16.5. The van der Waals surface area contributed by atoms with Crippen LogP contribution in [0, 0.1) is 0 Å². The highest BCUT2D eigenvalue weighted by Crippen LogP contribution is 2.31. The number of carbonyl (C=O) groups excluding carboxylic acids is 1. The van der Waals surface area contributed by atoms with Crippen LogP contribution in [-0.4, -0.2) is 29.3 Å². The number of rotatable bonds is 10. The molecule has 1 N–H and O–H groups in total. The first kappa shape index (κ1) is 21.4. The third-order valence-electron chi connectivity index (χ3n) is 4.45. The van der Waals surface area contributed by atoms with Gasteiger partial charge >= 0.3 is 0 Å². The Morgan fingerprint density at radius 3 is 2.43 bits per heavy atom. The van der Waals surface area contributed by atoms with Crippen molar-refractivity contribution in [2.75, 3.05) is 13.2 Å². The Hall–Kier alpha value is -3.35. The third-order valence-corrected chi connectivity index (χ3v) is 4.45. The molecular formula is C23H27N3O4. The van der Waals surface area contributed by atoms with Crippen molar-refractivity contribution in [3.8, 4) is 22.8 Å². The van der Waals surface area contributed by atoms with Crippen LogP contribution in [0.25, 0.3) is 11.3 Å². The predicted molar refractivity (Wildman–Crippen MR) is 114 cm³/mol. The summed E-state index contributed by atoms with van der Waals surface area (Å²) in [6, 6.07) is 10.7. The van der Waals surface area contributed by atoms with E-state index >= 15 is 0 Å². The lowest BCUT2D eigenvalue weighted by atomic mass is 10.1. The first-order chi connectivity index (χ1) is 14.6.